The number of nitrogens with zero attached hydrogens (tertiary/aromatic N) is 1. The molecular formula is C13H19ClN2O. The molecule has 1 unspecified atom stereocenters. The Bertz CT molecular complexity index is 391. The molecule has 1 fully saturated rings. The second-order valence-electron chi connectivity index (χ2n) is 4.72. The molecule has 1 heterocycles. The lowest BCUT2D eigenvalue weighted by Crippen LogP contribution is -2.36. The maximum absolute atomic E-state index is 5.98. The van der Waals surface area contributed by atoms with E-state index in [9.17, 15) is 0 Å². The van der Waals surface area contributed by atoms with Crippen molar-refractivity contribution >= 4 is 18.1 Å². The molecule has 3 nitrogen and oxygen atoms in total. The van der Waals surface area contributed by atoms with Crippen LogP contribution in [0.1, 0.15) is 11.1 Å². The number of benzene rings is 1. The predicted octanol–water partition coefficient (Wildman–Crippen LogP) is 1.37. The van der Waals surface area contributed by atoms with Crippen LogP contribution in [0.5, 0.6) is 0 Å². The van der Waals surface area contributed by atoms with Crippen LogP contribution in [0.3, 0.4) is 0 Å². The van der Waals surface area contributed by atoms with Gasteiger partial charge in [-0.2, -0.15) is 0 Å². The van der Waals surface area contributed by atoms with E-state index in [1.165, 1.54) is 16.8 Å². The summed E-state index contributed by atoms with van der Waals surface area (Å²) in [5.74, 6) is 0. The van der Waals surface area contributed by atoms with Crippen LogP contribution in [-0.4, -0.2) is 32.3 Å². The molecule has 94 valence electrons. The summed E-state index contributed by atoms with van der Waals surface area (Å²) in [4.78, 5) is 2.40. The summed E-state index contributed by atoms with van der Waals surface area (Å²) in [5.41, 5.74) is 10.2. The van der Waals surface area contributed by atoms with E-state index < -0.39 is 0 Å². The maximum atomic E-state index is 5.98. The molecule has 1 saturated heterocycles. The molecule has 1 aliphatic heterocycles. The fraction of sp³-hybridized carbons (Fsp3) is 0.538. The summed E-state index contributed by atoms with van der Waals surface area (Å²) < 4.78 is 5.37. The summed E-state index contributed by atoms with van der Waals surface area (Å²) in [6, 6.07) is 7.11. The number of morpholine rings is 1. The van der Waals surface area contributed by atoms with E-state index in [2.05, 4.69) is 23.1 Å². The lowest BCUT2D eigenvalue weighted by atomic mass is 10.1. The highest BCUT2D eigenvalue weighted by molar-refractivity contribution is 5.85. The Labute approximate surface area is 108 Å². The van der Waals surface area contributed by atoms with Gasteiger partial charge in [-0.1, -0.05) is 6.07 Å². The van der Waals surface area contributed by atoms with Crippen LogP contribution in [0.2, 0.25) is 0 Å². The monoisotopic (exact) mass is 254 g/mol. The second kappa shape index (κ2) is 5.25. The molecule has 0 spiro atoms. The van der Waals surface area contributed by atoms with Gasteiger partial charge in [0.2, 0.25) is 0 Å². The number of halogens is 1. The molecule has 2 N–H and O–H groups in total. The molecule has 4 heteroatoms. The third kappa shape index (κ3) is 2.57. The number of nitrogens with two attached hydrogens (primary N) is 1. The summed E-state index contributed by atoms with van der Waals surface area (Å²) >= 11 is 0. The van der Waals surface area contributed by atoms with Crippen molar-refractivity contribution in [3.05, 3.63) is 29.3 Å². The highest BCUT2D eigenvalue weighted by atomic mass is 35.5. The largest absolute Gasteiger partial charge is 0.378 e. The number of ether oxygens (including phenoxy) is 1. The molecule has 0 aromatic heterocycles. The molecular weight excluding hydrogens is 236 g/mol. The highest BCUT2D eigenvalue weighted by Crippen LogP contribution is 2.26. The van der Waals surface area contributed by atoms with Gasteiger partial charge in [-0.05, 0) is 36.1 Å². The first-order chi connectivity index (χ1) is 7.83. The summed E-state index contributed by atoms with van der Waals surface area (Å²) in [7, 11) is 0. The quantitative estimate of drug-likeness (QED) is 0.823. The number of hydrogen-bond donors (Lipinski definition) is 1. The normalized spacial score (nSPS) is 23.1. The Balaban J connectivity index is 0.00000108. The first-order valence-corrected chi connectivity index (χ1v) is 6.03. The minimum atomic E-state index is 0. The van der Waals surface area contributed by atoms with Crippen LogP contribution in [0, 0.1) is 0 Å². The van der Waals surface area contributed by atoms with Gasteiger partial charge in [-0.15, -0.1) is 12.4 Å². The average molecular weight is 255 g/mol. The van der Waals surface area contributed by atoms with E-state index >= 15 is 0 Å². The molecule has 3 rings (SSSR count). The highest BCUT2D eigenvalue weighted by Gasteiger charge is 2.19. The second-order valence-corrected chi connectivity index (χ2v) is 4.72. The Morgan fingerprint density at radius 3 is 2.59 bits per heavy atom. The van der Waals surface area contributed by atoms with Crippen LogP contribution in [0.25, 0.3) is 0 Å². The minimum absolute atomic E-state index is 0. The third-order valence-corrected chi connectivity index (χ3v) is 3.53. The van der Waals surface area contributed by atoms with Crippen LogP contribution in [-0.2, 0) is 17.6 Å². The lowest BCUT2D eigenvalue weighted by molar-refractivity contribution is 0.122. The van der Waals surface area contributed by atoms with Crippen molar-refractivity contribution in [2.45, 2.75) is 18.9 Å². The molecule has 0 bridgehead atoms. The van der Waals surface area contributed by atoms with Crippen molar-refractivity contribution in [2.24, 2.45) is 5.73 Å². The maximum Gasteiger partial charge on any atom is 0.0642 e. The Morgan fingerprint density at radius 2 is 1.82 bits per heavy atom. The number of anilines is 1. The van der Waals surface area contributed by atoms with Crippen molar-refractivity contribution < 1.29 is 4.74 Å². The van der Waals surface area contributed by atoms with Crippen LogP contribution in [0.15, 0.2) is 18.2 Å². The van der Waals surface area contributed by atoms with Gasteiger partial charge in [-0.3, -0.25) is 0 Å². The lowest BCUT2D eigenvalue weighted by Gasteiger charge is -2.29. The molecule has 0 amide bonds. The van der Waals surface area contributed by atoms with Crippen LogP contribution >= 0.6 is 12.4 Å². The van der Waals surface area contributed by atoms with Gasteiger partial charge in [0.05, 0.1) is 13.2 Å². The molecule has 1 aromatic rings. The smallest absolute Gasteiger partial charge is 0.0642 e. The number of hydrogen-bond acceptors (Lipinski definition) is 3. The number of rotatable bonds is 1. The summed E-state index contributed by atoms with van der Waals surface area (Å²) in [5, 5.41) is 0. The topological polar surface area (TPSA) is 38.5 Å². The fourth-order valence-electron chi connectivity index (χ4n) is 2.66. The summed E-state index contributed by atoms with van der Waals surface area (Å²) in [6.07, 6.45) is 2.08. The predicted molar refractivity (Wildman–Crippen MR) is 72.1 cm³/mol. The molecule has 1 atom stereocenters. The van der Waals surface area contributed by atoms with Crippen molar-refractivity contribution in [3.8, 4) is 0 Å². The zero-order chi connectivity index (χ0) is 11.0. The molecule has 0 saturated carbocycles. The van der Waals surface area contributed by atoms with Crippen LogP contribution < -0.4 is 10.6 Å². The van der Waals surface area contributed by atoms with E-state index in [1.807, 2.05) is 0 Å². The van der Waals surface area contributed by atoms with E-state index in [1.54, 1.807) is 0 Å². The van der Waals surface area contributed by atoms with Gasteiger partial charge >= 0.3 is 0 Å². The zero-order valence-corrected chi connectivity index (χ0v) is 10.7. The zero-order valence-electron chi connectivity index (χ0n) is 9.89. The first-order valence-electron chi connectivity index (χ1n) is 6.03. The van der Waals surface area contributed by atoms with Gasteiger partial charge in [0.1, 0.15) is 0 Å². The van der Waals surface area contributed by atoms with Crippen molar-refractivity contribution in [2.75, 3.05) is 31.2 Å². The molecule has 17 heavy (non-hydrogen) atoms. The van der Waals surface area contributed by atoms with E-state index in [0.29, 0.717) is 6.04 Å². The van der Waals surface area contributed by atoms with Gasteiger partial charge in [0.15, 0.2) is 0 Å². The molecule has 1 aliphatic carbocycles. The van der Waals surface area contributed by atoms with Gasteiger partial charge in [-0.25, -0.2) is 0 Å². The van der Waals surface area contributed by atoms with Gasteiger partial charge in [0, 0.05) is 24.8 Å². The standard InChI is InChI=1S/C13H18N2O.ClH/c14-12-7-10-1-2-13(9-11(10)8-12)15-3-5-16-6-4-15;/h1-2,9,12H,3-8,14H2;1H. The average Bonchev–Trinajstić information content (AvgIpc) is 2.69. The van der Waals surface area contributed by atoms with E-state index in [0.717, 1.165) is 39.1 Å². The Kier molecular flexibility index (Phi) is 3.92. The van der Waals surface area contributed by atoms with E-state index in [-0.39, 0.29) is 12.4 Å². The van der Waals surface area contributed by atoms with Gasteiger partial charge in [0.25, 0.3) is 0 Å². The third-order valence-electron chi connectivity index (χ3n) is 3.53. The van der Waals surface area contributed by atoms with Crippen LogP contribution in [0.4, 0.5) is 5.69 Å². The number of fused-ring (bicyclic) bond motifs is 1. The fourth-order valence-corrected chi connectivity index (χ4v) is 2.66. The first kappa shape index (κ1) is 12.7. The molecule has 0 radical (unpaired) electrons. The van der Waals surface area contributed by atoms with Crippen molar-refractivity contribution in [1.29, 1.82) is 0 Å². The van der Waals surface area contributed by atoms with Crippen molar-refractivity contribution in [1.82, 2.24) is 0 Å². The van der Waals surface area contributed by atoms with Crippen molar-refractivity contribution in [3.63, 3.8) is 0 Å². The minimum Gasteiger partial charge on any atom is -0.378 e. The van der Waals surface area contributed by atoms with Gasteiger partial charge < -0.3 is 15.4 Å². The molecule has 1 aromatic carbocycles. The Morgan fingerprint density at radius 1 is 1.12 bits per heavy atom. The summed E-state index contributed by atoms with van der Waals surface area (Å²) in [6.45, 7) is 3.70. The Hall–Kier alpha value is -0.770. The SMILES string of the molecule is Cl.NC1Cc2ccc(N3CCOCC3)cc2C1. The molecule has 2 aliphatic rings. The van der Waals surface area contributed by atoms with E-state index in [4.69, 9.17) is 10.5 Å².